The number of benzene rings is 2. The van der Waals surface area contributed by atoms with Gasteiger partial charge in [-0.15, -0.1) is 0 Å². The lowest BCUT2D eigenvalue weighted by Crippen LogP contribution is -1.91. The van der Waals surface area contributed by atoms with Gasteiger partial charge in [0.25, 0.3) is 0 Å². The molecule has 2 aromatic rings. The van der Waals surface area contributed by atoms with Gasteiger partial charge in [0.1, 0.15) is 0 Å². The molecule has 0 aromatic heterocycles. The van der Waals surface area contributed by atoms with Gasteiger partial charge in [0, 0.05) is 0 Å². The maximum atomic E-state index is 2.28. The van der Waals surface area contributed by atoms with Gasteiger partial charge in [-0.25, -0.2) is 0 Å². The van der Waals surface area contributed by atoms with E-state index in [1.165, 1.54) is 38.9 Å². The van der Waals surface area contributed by atoms with Crippen LogP contribution in [0.1, 0.15) is 27.8 Å². The van der Waals surface area contributed by atoms with E-state index in [4.69, 9.17) is 0 Å². The molecule has 2 aromatic carbocycles. The smallest absolute Gasteiger partial charge is 0.0152 e. The van der Waals surface area contributed by atoms with Crippen LogP contribution in [0.4, 0.5) is 0 Å². The molecule has 0 N–H and O–H groups in total. The van der Waals surface area contributed by atoms with E-state index < -0.39 is 0 Å². The molecule has 0 fully saturated rings. The van der Waals surface area contributed by atoms with Gasteiger partial charge in [0.15, 0.2) is 0 Å². The van der Waals surface area contributed by atoms with E-state index in [0.29, 0.717) is 0 Å². The highest BCUT2D eigenvalue weighted by Crippen LogP contribution is 2.28. The number of hydrogen-bond donors (Lipinski definition) is 0. The van der Waals surface area contributed by atoms with Crippen LogP contribution in [0.25, 0.3) is 11.1 Å². The average molecular weight is 224 g/mol. The standard InChI is InChI=1S/C17H20/c1-11-6-8-16(10-13(11)3)17-9-7-12(2)14(4)15(17)5/h6-10H,1-5H3. The van der Waals surface area contributed by atoms with Crippen molar-refractivity contribution in [1.82, 2.24) is 0 Å². The van der Waals surface area contributed by atoms with Gasteiger partial charge < -0.3 is 0 Å². The van der Waals surface area contributed by atoms with E-state index in [-0.39, 0.29) is 0 Å². The largest absolute Gasteiger partial charge is 0.0584 e. The first-order chi connectivity index (χ1) is 8.00. The molecule has 0 unspecified atom stereocenters. The van der Waals surface area contributed by atoms with Crippen LogP contribution < -0.4 is 0 Å². The Kier molecular flexibility index (Phi) is 3.06. The van der Waals surface area contributed by atoms with Gasteiger partial charge in [-0.1, -0.05) is 30.3 Å². The van der Waals surface area contributed by atoms with Crippen molar-refractivity contribution in [1.29, 1.82) is 0 Å². The second-order valence-corrected chi connectivity index (χ2v) is 4.98. The molecule has 0 nitrogen and oxygen atoms in total. The zero-order chi connectivity index (χ0) is 12.6. The summed E-state index contributed by atoms with van der Waals surface area (Å²) in [4.78, 5) is 0. The van der Waals surface area contributed by atoms with Crippen molar-refractivity contribution >= 4 is 0 Å². The van der Waals surface area contributed by atoms with Crippen LogP contribution >= 0.6 is 0 Å². The van der Waals surface area contributed by atoms with Crippen LogP contribution in [0.3, 0.4) is 0 Å². The van der Waals surface area contributed by atoms with Gasteiger partial charge in [-0.2, -0.15) is 0 Å². The molecule has 0 bridgehead atoms. The maximum absolute atomic E-state index is 2.28. The molecule has 0 radical (unpaired) electrons. The monoisotopic (exact) mass is 224 g/mol. The van der Waals surface area contributed by atoms with E-state index in [0.717, 1.165) is 0 Å². The van der Waals surface area contributed by atoms with Crippen LogP contribution in [0.15, 0.2) is 30.3 Å². The number of hydrogen-bond acceptors (Lipinski definition) is 0. The van der Waals surface area contributed by atoms with Crippen molar-refractivity contribution in [3.05, 3.63) is 58.1 Å². The zero-order valence-electron chi connectivity index (χ0n) is 11.4. The van der Waals surface area contributed by atoms with E-state index in [9.17, 15) is 0 Å². The third-order valence-corrected chi connectivity index (χ3v) is 3.88. The van der Waals surface area contributed by atoms with Crippen molar-refractivity contribution in [2.75, 3.05) is 0 Å². The van der Waals surface area contributed by atoms with Crippen LogP contribution in [0.5, 0.6) is 0 Å². The molecule has 0 heterocycles. The first-order valence-corrected chi connectivity index (χ1v) is 6.15. The molecule has 0 aliphatic carbocycles. The summed E-state index contributed by atoms with van der Waals surface area (Å²) in [6.45, 7) is 10.9. The zero-order valence-corrected chi connectivity index (χ0v) is 11.4. The normalized spacial score (nSPS) is 10.6. The summed E-state index contributed by atoms with van der Waals surface area (Å²) in [5.41, 5.74) is 9.57. The summed E-state index contributed by atoms with van der Waals surface area (Å²) in [7, 11) is 0. The van der Waals surface area contributed by atoms with Crippen LogP contribution in [0, 0.1) is 34.6 Å². The minimum Gasteiger partial charge on any atom is -0.0584 e. The highest BCUT2D eigenvalue weighted by Gasteiger charge is 2.06. The van der Waals surface area contributed by atoms with E-state index in [2.05, 4.69) is 65.0 Å². The Bertz CT molecular complexity index is 562. The molecule has 0 aliphatic rings. The average Bonchev–Trinajstić information content (AvgIpc) is 2.30. The molecule has 0 spiro atoms. The number of rotatable bonds is 1. The Morgan fingerprint density at radius 3 is 1.88 bits per heavy atom. The van der Waals surface area contributed by atoms with Gasteiger partial charge in [0.05, 0.1) is 0 Å². The summed E-state index contributed by atoms with van der Waals surface area (Å²) in [5, 5.41) is 0. The van der Waals surface area contributed by atoms with E-state index in [1.807, 2.05) is 0 Å². The lowest BCUT2D eigenvalue weighted by atomic mass is 9.92. The summed E-state index contributed by atoms with van der Waals surface area (Å²) in [6.07, 6.45) is 0. The highest BCUT2D eigenvalue weighted by molar-refractivity contribution is 5.70. The Morgan fingerprint density at radius 1 is 0.588 bits per heavy atom. The Balaban J connectivity index is 2.61. The molecule has 2 rings (SSSR count). The first kappa shape index (κ1) is 11.9. The summed E-state index contributed by atoms with van der Waals surface area (Å²) in [5.74, 6) is 0. The predicted molar refractivity (Wildman–Crippen MR) is 75.6 cm³/mol. The summed E-state index contributed by atoms with van der Waals surface area (Å²) < 4.78 is 0. The van der Waals surface area contributed by atoms with Gasteiger partial charge >= 0.3 is 0 Å². The van der Waals surface area contributed by atoms with Gasteiger partial charge in [0.2, 0.25) is 0 Å². The van der Waals surface area contributed by atoms with Gasteiger partial charge in [-0.05, 0) is 73.6 Å². The Labute approximate surface area is 104 Å². The molecule has 17 heavy (non-hydrogen) atoms. The SMILES string of the molecule is Cc1ccc(-c2ccc(C)c(C)c2C)cc1C. The molecule has 0 saturated carbocycles. The highest BCUT2D eigenvalue weighted by atomic mass is 14.1. The predicted octanol–water partition coefficient (Wildman–Crippen LogP) is 4.90. The summed E-state index contributed by atoms with van der Waals surface area (Å²) in [6, 6.07) is 11.2. The molecule has 0 aliphatic heterocycles. The van der Waals surface area contributed by atoms with Crippen LogP contribution in [-0.4, -0.2) is 0 Å². The van der Waals surface area contributed by atoms with E-state index >= 15 is 0 Å². The van der Waals surface area contributed by atoms with E-state index in [1.54, 1.807) is 0 Å². The number of aryl methyl sites for hydroxylation is 3. The van der Waals surface area contributed by atoms with Crippen molar-refractivity contribution in [3.8, 4) is 11.1 Å². The second kappa shape index (κ2) is 4.37. The molecule has 0 atom stereocenters. The van der Waals surface area contributed by atoms with Crippen LogP contribution in [0.2, 0.25) is 0 Å². The second-order valence-electron chi connectivity index (χ2n) is 4.98. The fourth-order valence-corrected chi connectivity index (χ4v) is 2.18. The van der Waals surface area contributed by atoms with Crippen molar-refractivity contribution < 1.29 is 0 Å². The fraction of sp³-hybridized carbons (Fsp3) is 0.294. The van der Waals surface area contributed by atoms with Crippen molar-refractivity contribution in [2.24, 2.45) is 0 Å². The minimum atomic E-state index is 1.33. The third-order valence-electron chi connectivity index (χ3n) is 3.88. The lowest BCUT2D eigenvalue weighted by Gasteiger charge is -2.12. The Morgan fingerprint density at radius 2 is 1.24 bits per heavy atom. The molecule has 0 amide bonds. The quantitative estimate of drug-likeness (QED) is 0.646. The maximum Gasteiger partial charge on any atom is -0.0152 e. The molecular weight excluding hydrogens is 204 g/mol. The molecule has 88 valence electrons. The molecule has 0 heteroatoms. The Hall–Kier alpha value is -1.56. The van der Waals surface area contributed by atoms with Gasteiger partial charge in [-0.3, -0.25) is 0 Å². The minimum absolute atomic E-state index is 1.33. The fourth-order valence-electron chi connectivity index (χ4n) is 2.18. The third kappa shape index (κ3) is 2.12. The first-order valence-electron chi connectivity index (χ1n) is 6.15. The topological polar surface area (TPSA) is 0 Å². The summed E-state index contributed by atoms with van der Waals surface area (Å²) >= 11 is 0. The molecular formula is C17H20. The van der Waals surface area contributed by atoms with Crippen molar-refractivity contribution in [3.63, 3.8) is 0 Å². The lowest BCUT2D eigenvalue weighted by molar-refractivity contribution is 1.26. The molecule has 0 saturated heterocycles. The van der Waals surface area contributed by atoms with Crippen LogP contribution in [-0.2, 0) is 0 Å². The van der Waals surface area contributed by atoms with Crippen molar-refractivity contribution in [2.45, 2.75) is 34.6 Å².